The highest BCUT2D eigenvalue weighted by atomic mass is 32.2. The third-order valence-electron chi connectivity index (χ3n) is 8.85. The van der Waals surface area contributed by atoms with Gasteiger partial charge in [-0.2, -0.15) is 8.42 Å². The molecular weight excluding hydrogens is 661 g/mol. The van der Waals surface area contributed by atoms with E-state index in [9.17, 15) is 26.2 Å². The molecule has 3 aromatic rings. The molecule has 2 aliphatic carbocycles. The van der Waals surface area contributed by atoms with Crippen molar-refractivity contribution in [3.63, 3.8) is 0 Å². The second-order valence-electron chi connectivity index (χ2n) is 12.4. The number of carbonyl (C=O) groups is 1. The maximum atomic E-state index is 11.6. The van der Waals surface area contributed by atoms with E-state index in [0.717, 1.165) is 18.8 Å². The van der Waals surface area contributed by atoms with Crippen LogP contribution in [0.3, 0.4) is 0 Å². The first-order valence-corrected chi connectivity index (χ1v) is 20.3. The molecule has 3 fully saturated rings. The van der Waals surface area contributed by atoms with Gasteiger partial charge in [0, 0.05) is 24.0 Å². The highest BCUT2D eigenvalue weighted by Gasteiger charge is 2.65. The Bertz CT molecular complexity index is 1680. The van der Waals surface area contributed by atoms with Gasteiger partial charge in [0.2, 0.25) is 0 Å². The lowest BCUT2D eigenvalue weighted by Crippen LogP contribution is -2.38. The van der Waals surface area contributed by atoms with Gasteiger partial charge in [0.15, 0.2) is 14.7 Å². The second kappa shape index (κ2) is 15.1. The fourth-order valence-electron chi connectivity index (χ4n) is 6.85. The van der Waals surface area contributed by atoms with Gasteiger partial charge in [0.25, 0.3) is 10.1 Å². The number of rotatable bonds is 12. The highest BCUT2D eigenvalue weighted by Crippen LogP contribution is 2.55. The number of fused-ring (bicyclic) bond motifs is 1. The average molecular weight is 703 g/mol. The van der Waals surface area contributed by atoms with Crippen molar-refractivity contribution in [2.45, 2.75) is 91.4 Å². The maximum absolute atomic E-state index is 11.6. The number of benzene rings is 3. The summed E-state index contributed by atoms with van der Waals surface area (Å²) in [6, 6.07) is 26.3. The molecule has 2 saturated carbocycles. The van der Waals surface area contributed by atoms with E-state index in [1.807, 2.05) is 0 Å². The SMILES string of the molecule is CCCCCCOc1c(C)cc([S+](c2ccccc2)c2ccccc2)cc1C.O=C(CS(=O)(=O)[O-])OC1C2CC3C1OS(=O)(=O)C3C2. The molecule has 1 heterocycles. The topological polar surface area (TPSA) is 136 Å². The van der Waals surface area contributed by atoms with E-state index in [0.29, 0.717) is 12.8 Å². The number of hydrogen-bond acceptors (Lipinski definition) is 9. The average Bonchev–Trinajstić information content (AvgIpc) is 3.64. The van der Waals surface area contributed by atoms with E-state index in [2.05, 4.69) is 93.6 Å². The molecule has 6 rings (SSSR count). The third-order valence-corrected chi connectivity index (χ3v) is 13.4. The third kappa shape index (κ3) is 8.58. The number of esters is 1. The largest absolute Gasteiger partial charge is 0.748 e. The van der Waals surface area contributed by atoms with Crippen LogP contribution in [0, 0.1) is 25.7 Å². The van der Waals surface area contributed by atoms with E-state index in [-0.39, 0.29) is 22.7 Å². The fourth-order valence-corrected chi connectivity index (χ4v) is 11.4. The van der Waals surface area contributed by atoms with E-state index >= 15 is 0 Å². The minimum atomic E-state index is -4.70. The molecule has 3 aliphatic rings. The van der Waals surface area contributed by atoms with E-state index in [1.54, 1.807) is 0 Å². The first-order valence-electron chi connectivity index (χ1n) is 16.0. The van der Waals surface area contributed by atoms with Crippen LogP contribution in [0.5, 0.6) is 5.75 Å². The van der Waals surface area contributed by atoms with Crippen molar-refractivity contribution in [2.75, 3.05) is 12.4 Å². The lowest BCUT2D eigenvalue weighted by atomic mass is 9.94. The summed E-state index contributed by atoms with van der Waals surface area (Å²) in [5.41, 5.74) is 2.46. The second-order valence-corrected chi connectivity index (χ2v) is 17.6. The molecule has 254 valence electrons. The molecule has 5 unspecified atom stereocenters. The van der Waals surface area contributed by atoms with Crippen molar-refractivity contribution >= 4 is 37.1 Å². The summed E-state index contributed by atoms with van der Waals surface area (Å²) in [7, 11) is -8.41. The summed E-state index contributed by atoms with van der Waals surface area (Å²) in [5.74, 6) is -1.68. The Morgan fingerprint density at radius 1 is 0.915 bits per heavy atom. The Kier molecular flexibility index (Phi) is 11.4. The van der Waals surface area contributed by atoms with Gasteiger partial charge in [0.05, 0.1) is 22.8 Å². The van der Waals surface area contributed by atoms with Crippen LogP contribution in [-0.2, 0) is 44.8 Å². The Balaban J connectivity index is 0.000000198. The molecule has 0 aromatic heterocycles. The number of aryl methyl sites for hydroxylation is 2. The van der Waals surface area contributed by atoms with Gasteiger partial charge in [-0.05, 0) is 68.5 Å². The molecule has 5 atom stereocenters. The fraction of sp³-hybridized carbons (Fsp3) is 0.457. The zero-order chi connectivity index (χ0) is 33.8. The zero-order valence-corrected chi connectivity index (χ0v) is 29.3. The summed E-state index contributed by atoms with van der Waals surface area (Å²) in [4.78, 5) is 15.4. The van der Waals surface area contributed by atoms with Crippen LogP contribution < -0.4 is 4.74 Å². The summed E-state index contributed by atoms with van der Waals surface area (Å²) >= 11 is 0. The first-order chi connectivity index (χ1) is 22.4. The van der Waals surface area contributed by atoms with Gasteiger partial charge in [0.1, 0.15) is 33.8 Å². The summed E-state index contributed by atoms with van der Waals surface area (Å²) in [6.45, 7) is 7.40. The minimum Gasteiger partial charge on any atom is -0.748 e. The molecule has 3 aromatic carbocycles. The van der Waals surface area contributed by atoms with Crippen molar-refractivity contribution in [3.05, 3.63) is 83.9 Å². The highest BCUT2D eigenvalue weighted by molar-refractivity contribution is 7.97. The van der Waals surface area contributed by atoms with E-state index in [1.165, 1.54) is 45.1 Å². The van der Waals surface area contributed by atoms with Crippen molar-refractivity contribution in [3.8, 4) is 5.75 Å². The first kappa shape index (κ1) is 35.4. The molecule has 0 amide bonds. The van der Waals surface area contributed by atoms with Crippen LogP contribution in [0.25, 0.3) is 0 Å². The number of carbonyl (C=O) groups excluding carboxylic acids is 1. The van der Waals surface area contributed by atoms with Crippen LogP contribution in [0.15, 0.2) is 87.5 Å². The van der Waals surface area contributed by atoms with Gasteiger partial charge in [-0.3, -0.25) is 8.98 Å². The summed E-state index contributed by atoms with van der Waals surface area (Å²) in [5, 5.41) is -0.541. The van der Waals surface area contributed by atoms with Crippen molar-refractivity contribution < 1.29 is 39.8 Å². The van der Waals surface area contributed by atoms with Crippen LogP contribution in [0.1, 0.15) is 56.6 Å². The van der Waals surface area contributed by atoms with E-state index in [4.69, 9.17) is 13.7 Å². The lowest BCUT2D eigenvalue weighted by Gasteiger charge is -2.25. The molecule has 0 spiro atoms. The van der Waals surface area contributed by atoms with Gasteiger partial charge in [-0.25, -0.2) is 8.42 Å². The van der Waals surface area contributed by atoms with Gasteiger partial charge >= 0.3 is 5.97 Å². The number of unbranched alkanes of at least 4 members (excludes halogenated alkanes) is 3. The Morgan fingerprint density at radius 3 is 2.06 bits per heavy atom. The predicted octanol–water partition coefficient (Wildman–Crippen LogP) is 5.94. The number of ether oxygens (including phenoxy) is 2. The Morgan fingerprint density at radius 2 is 1.51 bits per heavy atom. The van der Waals surface area contributed by atoms with Crippen molar-refractivity contribution in [2.24, 2.45) is 11.8 Å². The van der Waals surface area contributed by atoms with Crippen molar-refractivity contribution in [1.82, 2.24) is 0 Å². The summed E-state index contributed by atoms with van der Waals surface area (Å²) in [6.07, 6.45) is 4.36. The van der Waals surface area contributed by atoms with Crippen LogP contribution in [-0.4, -0.2) is 57.2 Å². The quantitative estimate of drug-likeness (QED) is 0.0739. The molecular formula is C35H42O9S3. The molecule has 0 N–H and O–H groups in total. The van der Waals surface area contributed by atoms with E-state index < -0.39 is 49.4 Å². The van der Waals surface area contributed by atoms with Crippen LogP contribution in [0.4, 0.5) is 0 Å². The Hall–Kier alpha value is -2.90. The van der Waals surface area contributed by atoms with Crippen LogP contribution >= 0.6 is 0 Å². The molecule has 9 nitrogen and oxygen atoms in total. The molecule has 2 bridgehead atoms. The standard InChI is InChI=1S/C26H31OS.C9H12O8S2/c1-4-5-6-13-18-27-26-21(2)19-25(20-22(26)3)28(23-14-9-7-10-15-23)24-16-11-8-12-17-24;10-7(3-18(11,12)13)16-8-4-1-5-6(2-4)19(14,15)17-9(5)8/h7-12,14-17,19-20H,4-6,13,18H2,1-3H3;4-6,8-9H,1-3H2,(H,11,12,13)/q+1;/p-1. The Labute approximate surface area is 281 Å². The normalized spacial score (nSPS) is 23.7. The van der Waals surface area contributed by atoms with Gasteiger partial charge < -0.3 is 14.0 Å². The molecule has 47 heavy (non-hydrogen) atoms. The molecule has 12 heteroatoms. The van der Waals surface area contributed by atoms with Gasteiger partial charge in [-0.1, -0.05) is 62.6 Å². The maximum Gasteiger partial charge on any atom is 0.320 e. The van der Waals surface area contributed by atoms with Crippen molar-refractivity contribution in [1.29, 1.82) is 0 Å². The zero-order valence-electron chi connectivity index (χ0n) is 26.9. The molecule has 1 aliphatic heterocycles. The van der Waals surface area contributed by atoms with Gasteiger partial charge in [-0.15, -0.1) is 0 Å². The molecule has 0 radical (unpaired) electrons. The lowest BCUT2D eigenvalue weighted by molar-refractivity contribution is -0.152. The minimum absolute atomic E-state index is 0.109. The smallest absolute Gasteiger partial charge is 0.320 e. The monoisotopic (exact) mass is 702 g/mol. The number of hydrogen-bond donors (Lipinski definition) is 0. The predicted molar refractivity (Wildman–Crippen MR) is 179 cm³/mol. The molecule has 1 saturated heterocycles. The summed E-state index contributed by atoms with van der Waals surface area (Å²) < 4.78 is 70.7. The van der Waals surface area contributed by atoms with Crippen LogP contribution in [0.2, 0.25) is 0 Å².